The monoisotopic (exact) mass is 276 g/mol. The summed E-state index contributed by atoms with van der Waals surface area (Å²) < 4.78 is 0. The van der Waals surface area contributed by atoms with Crippen LogP contribution < -0.4 is 5.32 Å². The quantitative estimate of drug-likeness (QED) is 0.853. The topological polar surface area (TPSA) is 35.8 Å². The molecule has 2 heterocycles. The van der Waals surface area contributed by atoms with Crippen LogP contribution in [0.3, 0.4) is 0 Å². The number of thiophene rings is 2. The Morgan fingerprint density at radius 1 is 1.39 bits per heavy atom. The molecule has 1 atom stereocenters. The number of nitrogens with zero attached hydrogens (tertiary/aromatic N) is 1. The van der Waals surface area contributed by atoms with Crippen LogP contribution in [0.1, 0.15) is 40.4 Å². The maximum absolute atomic E-state index is 8.80. The summed E-state index contributed by atoms with van der Waals surface area (Å²) in [6.07, 6.45) is 2.32. The van der Waals surface area contributed by atoms with Crippen molar-refractivity contribution in [2.75, 3.05) is 0 Å². The van der Waals surface area contributed by atoms with Gasteiger partial charge in [-0.2, -0.15) is 5.26 Å². The average molecular weight is 276 g/mol. The van der Waals surface area contributed by atoms with Crippen LogP contribution in [0.4, 0.5) is 0 Å². The van der Waals surface area contributed by atoms with Gasteiger partial charge in [-0.3, -0.25) is 0 Å². The summed E-state index contributed by atoms with van der Waals surface area (Å²) in [4.78, 5) is 3.41. The minimum atomic E-state index is 0.433. The number of hydrogen-bond acceptors (Lipinski definition) is 4. The van der Waals surface area contributed by atoms with Crippen LogP contribution >= 0.6 is 22.7 Å². The molecule has 0 bridgehead atoms. The van der Waals surface area contributed by atoms with Crippen molar-refractivity contribution in [3.05, 3.63) is 44.3 Å². The standard InChI is InChI=1S/C14H16N2S2/c1-2-4-13(14-5-3-8-17-14)16-10-12-7-6-11(9-15)18-12/h3,5-8,13,16H,2,4,10H2,1H3. The van der Waals surface area contributed by atoms with E-state index in [9.17, 15) is 0 Å². The van der Waals surface area contributed by atoms with E-state index in [1.807, 2.05) is 12.1 Å². The molecule has 0 amide bonds. The van der Waals surface area contributed by atoms with E-state index in [-0.39, 0.29) is 0 Å². The van der Waals surface area contributed by atoms with Gasteiger partial charge in [-0.15, -0.1) is 22.7 Å². The molecule has 1 unspecified atom stereocenters. The summed E-state index contributed by atoms with van der Waals surface area (Å²) in [6, 6.07) is 10.8. The Morgan fingerprint density at radius 2 is 2.28 bits per heavy atom. The Bertz CT molecular complexity index is 508. The van der Waals surface area contributed by atoms with Crippen LogP contribution in [0.25, 0.3) is 0 Å². The van der Waals surface area contributed by atoms with Gasteiger partial charge in [0.15, 0.2) is 0 Å². The molecule has 0 saturated carbocycles. The predicted octanol–water partition coefficient (Wildman–Crippen LogP) is 4.31. The zero-order chi connectivity index (χ0) is 12.8. The SMILES string of the molecule is CCCC(NCc1ccc(C#N)s1)c1cccs1. The van der Waals surface area contributed by atoms with Crippen LogP contribution in [-0.4, -0.2) is 0 Å². The molecule has 0 saturated heterocycles. The lowest BCUT2D eigenvalue weighted by Gasteiger charge is -2.16. The van der Waals surface area contributed by atoms with E-state index in [1.165, 1.54) is 16.2 Å². The van der Waals surface area contributed by atoms with Crippen molar-refractivity contribution in [1.82, 2.24) is 5.32 Å². The van der Waals surface area contributed by atoms with Crippen LogP contribution in [0.15, 0.2) is 29.6 Å². The number of nitriles is 1. The van der Waals surface area contributed by atoms with Gasteiger partial charge in [-0.05, 0) is 30.0 Å². The molecular formula is C14H16N2S2. The fourth-order valence-electron chi connectivity index (χ4n) is 1.88. The first-order valence-electron chi connectivity index (χ1n) is 6.09. The second-order valence-corrected chi connectivity index (χ2v) is 6.26. The van der Waals surface area contributed by atoms with Gasteiger partial charge in [0.05, 0.1) is 0 Å². The highest BCUT2D eigenvalue weighted by Crippen LogP contribution is 2.24. The van der Waals surface area contributed by atoms with Crippen LogP contribution in [0.2, 0.25) is 0 Å². The highest BCUT2D eigenvalue weighted by Gasteiger charge is 2.11. The molecule has 2 aromatic heterocycles. The van der Waals surface area contributed by atoms with Crippen molar-refractivity contribution in [3.63, 3.8) is 0 Å². The summed E-state index contributed by atoms with van der Waals surface area (Å²) in [5.74, 6) is 0. The van der Waals surface area contributed by atoms with E-state index in [1.54, 1.807) is 22.7 Å². The summed E-state index contributed by atoms with van der Waals surface area (Å²) in [6.45, 7) is 3.05. The van der Waals surface area contributed by atoms with Crippen molar-refractivity contribution >= 4 is 22.7 Å². The molecule has 0 aliphatic rings. The Balaban J connectivity index is 1.96. The third kappa shape index (κ3) is 3.42. The molecule has 0 fully saturated rings. The van der Waals surface area contributed by atoms with Gasteiger partial charge in [0, 0.05) is 22.3 Å². The molecule has 0 spiro atoms. The fourth-order valence-corrected chi connectivity index (χ4v) is 3.47. The van der Waals surface area contributed by atoms with Crippen LogP contribution in [-0.2, 0) is 6.54 Å². The van der Waals surface area contributed by atoms with Gasteiger partial charge in [-0.1, -0.05) is 19.4 Å². The van der Waals surface area contributed by atoms with Crippen molar-refractivity contribution in [2.45, 2.75) is 32.4 Å². The van der Waals surface area contributed by atoms with E-state index in [0.717, 1.165) is 17.8 Å². The highest BCUT2D eigenvalue weighted by molar-refractivity contribution is 7.12. The summed E-state index contributed by atoms with van der Waals surface area (Å²) in [5, 5.41) is 14.5. The Morgan fingerprint density at radius 3 is 2.89 bits per heavy atom. The zero-order valence-corrected chi connectivity index (χ0v) is 12.0. The molecule has 2 nitrogen and oxygen atoms in total. The van der Waals surface area contributed by atoms with Crippen molar-refractivity contribution < 1.29 is 0 Å². The minimum Gasteiger partial charge on any atom is -0.304 e. The second kappa shape index (κ2) is 6.69. The Hall–Kier alpha value is -1.15. The largest absolute Gasteiger partial charge is 0.304 e. The first-order valence-corrected chi connectivity index (χ1v) is 7.78. The zero-order valence-electron chi connectivity index (χ0n) is 10.3. The van der Waals surface area contributed by atoms with Gasteiger partial charge in [0.2, 0.25) is 0 Å². The average Bonchev–Trinajstić information content (AvgIpc) is 3.05. The normalized spacial score (nSPS) is 12.2. The molecular weight excluding hydrogens is 260 g/mol. The van der Waals surface area contributed by atoms with Crippen molar-refractivity contribution in [3.8, 4) is 6.07 Å². The van der Waals surface area contributed by atoms with E-state index in [4.69, 9.17) is 5.26 Å². The molecule has 2 aromatic rings. The Labute approximate surface area is 116 Å². The van der Waals surface area contributed by atoms with Crippen LogP contribution in [0.5, 0.6) is 0 Å². The van der Waals surface area contributed by atoms with Gasteiger partial charge in [-0.25, -0.2) is 0 Å². The molecule has 0 aliphatic heterocycles. The first-order chi connectivity index (χ1) is 8.83. The summed E-state index contributed by atoms with van der Waals surface area (Å²) in [5.41, 5.74) is 0. The maximum Gasteiger partial charge on any atom is 0.110 e. The van der Waals surface area contributed by atoms with E-state index < -0.39 is 0 Å². The lowest BCUT2D eigenvalue weighted by Crippen LogP contribution is -2.19. The van der Waals surface area contributed by atoms with E-state index >= 15 is 0 Å². The molecule has 0 aromatic carbocycles. The molecule has 2 rings (SSSR count). The summed E-state index contributed by atoms with van der Waals surface area (Å²) in [7, 11) is 0. The first kappa shape index (κ1) is 13.3. The fraction of sp³-hybridized carbons (Fsp3) is 0.357. The van der Waals surface area contributed by atoms with Gasteiger partial charge < -0.3 is 5.32 Å². The third-order valence-electron chi connectivity index (χ3n) is 2.76. The lowest BCUT2D eigenvalue weighted by molar-refractivity contribution is 0.503. The van der Waals surface area contributed by atoms with E-state index in [2.05, 4.69) is 35.8 Å². The molecule has 1 N–H and O–H groups in total. The van der Waals surface area contributed by atoms with Crippen LogP contribution in [0, 0.1) is 11.3 Å². The maximum atomic E-state index is 8.80. The minimum absolute atomic E-state index is 0.433. The second-order valence-electron chi connectivity index (χ2n) is 4.12. The lowest BCUT2D eigenvalue weighted by atomic mass is 10.1. The molecule has 94 valence electrons. The van der Waals surface area contributed by atoms with Gasteiger partial charge in [0.25, 0.3) is 0 Å². The smallest absolute Gasteiger partial charge is 0.110 e. The van der Waals surface area contributed by atoms with Gasteiger partial charge in [0.1, 0.15) is 10.9 Å². The number of nitrogens with one attached hydrogen (secondary N) is 1. The predicted molar refractivity (Wildman–Crippen MR) is 77.8 cm³/mol. The van der Waals surface area contributed by atoms with Crippen molar-refractivity contribution in [1.29, 1.82) is 5.26 Å². The molecule has 0 radical (unpaired) electrons. The Kier molecular flexibility index (Phi) is 4.94. The van der Waals surface area contributed by atoms with E-state index in [0.29, 0.717) is 6.04 Å². The molecule has 18 heavy (non-hydrogen) atoms. The van der Waals surface area contributed by atoms with Gasteiger partial charge >= 0.3 is 0 Å². The highest BCUT2D eigenvalue weighted by atomic mass is 32.1. The molecule has 0 aliphatic carbocycles. The van der Waals surface area contributed by atoms with Crippen molar-refractivity contribution in [2.24, 2.45) is 0 Å². The molecule has 4 heteroatoms. The number of rotatable bonds is 6. The number of hydrogen-bond donors (Lipinski definition) is 1. The third-order valence-corrected chi connectivity index (χ3v) is 4.73. The summed E-state index contributed by atoms with van der Waals surface area (Å²) >= 11 is 3.37.